The van der Waals surface area contributed by atoms with Crippen molar-refractivity contribution in [1.29, 1.82) is 0 Å². The molecule has 1 amide bonds. The van der Waals surface area contributed by atoms with Crippen molar-refractivity contribution in [2.24, 2.45) is 0 Å². The number of anilines is 2. The molecule has 4 atom stereocenters. The van der Waals surface area contributed by atoms with E-state index in [1.165, 1.54) is 24.3 Å². The first-order valence-electron chi connectivity index (χ1n) is 9.09. The zero-order valence-corrected chi connectivity index (χ0v) is 18.0. The molecular weight excluding hydrogens is 505 g/mol. The molecule has 6 N–H and O–H groups in total. The zero-order valence-electron chi connectivity index (χ0n) is 15.9. The van der Waals surface area contributed by atoms with E-state index in [-0.39, 0.29) is 0 Å². The van der Waals surface area contributed by atoms with E-state index >= 15 is 0 Å². The Balaban J connectivity index is 1.59. The molecule has 0 saturated carbocycles. The molecule has 0 spiro atoms. The normalized spacial score (nSPS) is 23.6. The summed E-state index contributed by atoms with van der Waals surface area (Å²) in [6.07, 6.45) is -2.12. The molecule has 1 aliphatic rings. The SMILES string of the molecule is CNC(=O)C1OC(n2cnc3c(NCc4ccc(N)c(I)c4)ncnc32)C(O)C1O. The van der Waals surface area contributed by atoms with E-state index in [1.54, 1.807) is 0 Å². The van der Waals surface area contributed by atoms with Gasteiger partial charge in [-0.25, -0.2) is 15.0 Å². The fourth-order valence-electron chi connectivity index (χ4n) is 3.28. The number of carbonyl (C=O) groups is 1. The Hall–Kier alpha value is -2.55. The number of hydrogen-bond donors (Lipinski definition) is 5. The molecule has 3 heterocycles. The summed E-state index contributed by atoms with van der Waals surface area (Å²) in [5.74, 6) is -0.0231. The number of nitrogen functional groups attached to an aromatic ring is 1. The van der Waals surface area contributed by atoms with E-state index in [2.05, 4.69) is 48.2 Å². The third kappa shape index (κ3) is 3.66. The lowest BCUT2D eigenvalue weighted by Gasteiger charge is -2.16. The quantitative estimate of drug-likeness (QED) is 0.228. The zero-order chi connectivity index (χ0) is 21.4. The Morgan fingerprint density at radius 1 is 1.30 bits per heavy atom. The lowest BCUT2D eigenvalue weighted by Crippen LogP contribution is -2.41. The number of benzene rings is 1. The van der Waals surface area contributed by atoms with Crippen molar-refractivity contribution in [3.63, 3.8) is 0 Å². The molecule has 158 valence electrons. The predicted octanol–water partition coefficient (Wildman–Crippen LogP) is -0.00960. The number of likely N-dealkylation sites (N-methyl/N-ethyl adjacent to an activating group) is 1. The summed E-state index contributed by atoms with van der Waals surface area (Å²) in [6, 6.07) is 5.74. The van der Waals surface area contributed by atoms with Crippen LogP contribution in [0.2, 0.25) is 0 Å². The van der Waals surface area contributed by atoms with Crippen LogP contribution in [-0.4, -0.2) is 61.0 Å². The minimum absolute atomic E-state index is 0.396. The van der Waals surface area contributed by atoms with Gasteiger partial charge in [0.05, 0.1) is 6.33 Å². The maximum absolute atomic E-state index is 11.9. The van der Waals surface area contributed by atoms with Gasteiger partial charge in [0.2, 0.25) is 0 Å². The summed E-state index contributed by atoms with van der Waals surface area (Å²) in [7, 11) is 1.43. The van der Waals surface area contributed by atoms with Gasteiger partial charge in [-0.1, -0.05) is 6.07 Å². The number of amides is 1. The van der Waals surface area contributed by atoms with Crippen molar-refractivity contribution in [1.82, 2.24) is 24.8 Å². The molecule has 4 rings (SSSR count). The number of imidazole rings is 1. The molecule has 0 aliphatic carbocycles. The van der Waals surface area contributed by atoms with E-state index in [4.69, 9.17) is 10.5 Å². The van der Waals surface area contributed by atoms with Crippen LogP contribution in [0.1, 0.15) is 11.8 Å². The second kappa shape index (κ2) is 8.29. The molecule has 4 unspecified atom stereocenters. The number of hydrogen-bond acceptors (Lipinski definition) is 9. The van der Waals surface area contributed by atoms with Gasteiger partial charge in [0.15, 0.2) is 29.3 Å². The number of aromatic nitrogens is 4. The number of aliphatic hydroxyl groups is 2. The Labute approximate surface area is 184 Å². The number of nitrogens with zero attached hydrogens (tertiary/aromatic N) is 4. The van der Waals surface area contributed by atoms with Gasteiger partial charge in [-0.3, -0.25) is 9.36 Å². The molecule has 3 aromatic rings. The maximum Gasteiger partial charge on any atom is 0.251 e. The van der Waals surface area contributed by atoms with Gasteiger partial charge in [0, 0.05) is 22.8 Å². The van der Waals surface area contributed by atoms with Crippen LogP contribution in [0.25, 0.3) is 11.2 Å². The highest BCUT2D eigenvalue weighted by Crippen LogP contribution is 2.32. The summed E-state index contributed by atoms with van der Waals surface area (Å²) in [6.45, 7) is 0.495. The molecule has 30 heavy (non-hydrogen) atoms. The van der Waals surface area contributed by atoms with Crippen LogP contribution in [-0.2, 0) is 16.1 Å². The average Bonchev–Trinajstić information content (AvgIpc) is 3.30. The highest BCUT2D eigenvalue weighted by atomic mass is 127. The van der Waals surface area contributed by atoms with Crippen LogP contribution in [0, 0.1) is 3.57 Å². The lowest BCUT2D eigenvalue weighted by atomic mass is 10.1. The van der Waals surface area contributed by atoms with Crippen molar-refractivity contribution in [3.8, 4) is 0 Å². The summed E-state index contributed by atoms with van der Waals surface area (Å²) in [4.78, 5) is 24.7. The van der Waals surface area contributed by atoms with Gasteiger partial charge < -0.3 is 31.3 Å². The van der Waals surface area contributed by atoms with E-state index in [0.717, 1.165) is 14.8 Å². The van der Waals surface area contributed by atoms with Crippen LogP contribution >= 0.6 is 22.6 Å². The fraction of sp³-hybridized carbons (Fsp3) is 0.333. The highest BCUT2D eigenvalue weighted by Gasteiger charge is 2.47. The Bertz CT molecular complexity index is 1090. The molecule has 1 fully saturated rings. The van der Waals surface area contributed by atoms with Crippen LogP contribution in [0.4, 0.5) is 11.5 Å². The van der Waals surface area contributed by atoms with Gasteiger partial charge in [-0.2, -0.15) is 0 Å². The molecule has 12 heteroatoms. The number of fused-ring (bicyclic) bond motifs is 1. The molecule has 0 bridgehead atoms. The number of nitrogens with two attached hydrogens (primary N) is 1. The molecular formula is C18H20IN7O4. The minimum atomic E-state index is -1.38. The van der Waals surface area contributed by atoms with E-state index in [0.29, 0.717) is 23.5 Å². The van der Waals surface area contributed by atoms with Crippen molar-refractivity contribution in [3.05, 3.63) is 40.0 Å². The first-order chi connectivity index (χ1) is 14.4. The fourth-order valence-corrected chi connectivity index (χ4v) is 3.86. The molecule has 0 radical (unpaired) electrons. The standard InChI is InChI=1S/C18H20IN7O4/c1-21-17(29)14-12(27)13(28)18(30-14)26-7-25-11-15(23-6-24-16(11)26)22-5-8-2-3-10(20)9(19)4-8/h2-4,6-7,12-14,18,27-28H,5,20H2,1H3,(H,21,29)(H,22,23,24). The monoisotopic (exact) mass is 525 g/mol. The van der Waals surface area contributed by atoms with E-state index < -0.39 is 30.4 Å². The largest absolute Gasteiger partial charge is 0.398 e. The molecule has 1 aromatic carbocycles. The molecule has 11 nitrogen and oxygen atoms in total. The topological polar surface area (TPSA) is 160 Å². The highest BCUT2D eigenvalue weighted by molar-refractivity contribution is 14.1. The van der Waals surface area contributed by atoms with Gasteiger partial charge in [-0.05, 0) is 40.3 Å². The minimum Gasteiger partial charge on any atom is -0.398 e. The summed E-state index contributed by atoms with van der Waals surface area (Å²) >= 11 is 2.18. The predicted molar refractivity (Wildman–Crippen MR) is 116 cm³/mol. The first-order valence-corrected chi connectivity index (χ1v) is 10.2. The number of halogens is 1. The average molecular weight is 525 g/mol. The maximum atomic E-state index is 11.9. The van der Waals surface area contributed by atoms with Gasteiger partial charge >= 0.3 is 0 Å². The number of aliphatic hydroxyl groups excluding tert-OH is 2. The smallest absolute Gasteiger partial charge is 0.251 e. The van der Waals surface area contributed by atoms with Crippen LogP contribution in [0.3, 0.4) is 0 Å². The second-order valence-electron chi connectivity index (χ2n) is 6.80. The first kappa shape index (κ1) is 20.7. The van der Waals surface area contributed by atoms with Gasteiger partial charge in [0.1, 0.15) is 18.5 Å². The van der Waals surface area contributed by atoms with Crippen LogP contribution < -0.4 is 16.4 Å². The van der Waals surface area contributed by atoms with Crippen LogP contribution in [0.15, 0.2) is 30.9 Å². The lowest BCUT2D eigenvalue weighted by molar-refractivity contribution is -0.137. The third-order valence-corrected chi connectivity index (χ3v) is 5.84. The summed E-state index contributed by atoms with van der Waals surface area (Å²) in [5, 5.41) is 26.2. The Kier molecular flexibility index (Phi) is 5.73. The molecule has 1 aliphatic heterocycles. The number of rotatable bonds is 5. The Morgan fingerprint density at radius 3 is 2.83 bits per heavy atom. The van der Waals surface area contributed by atoms with Gasteiger partial charge in [0.25, 0.3) is 5.91 Å². The van der Waals surface area contributed by atoms with Crippen molar-refractivity contribution in [2.75, 3.05) is 18.1 Å². The van der Waals surface area contributed by atoms with Crippen LogP contribution in [0.5, 0.6) is 0 Å². The van der Waals surface area contributed by atoms with Crippen molar-refractivity contribution in [2.45, 2.75) is 31.1 Å². The number of carbonyl (C=O) groups excluding carboxylic acids is 1. The summed E-state index contributed by atoms with van der Waals surface area (Å²) in [5.41, 5.74) is 8.46. The summed E-state index contributed by atoms with van der Waals surface area (Å²) < 4.78 is 8.04. The van der Waals surface area contributed by atoms with E-state index in [1.807, 2.05) is 18.2 Å². The Morgan fingerprint density at radius 2 is 2.10 bits per heavy atom. The molecule has 1 saturated heterocycles. The van der Waals surface area contributed by atoms with Gasteiger partial charge in [-0.15, -0.1) is 0 Å². The van der Waals surface area contributed by atoms with E-state index in [9.17, 15) is 15.0 Å². The number of nitrogens with one attached hydrogen (secondary N) is 2. The number of ether oxygens (including phenoxy) is 1. The third-order valence-electron chi connectivity index (χ3n) is 4.90. The molecule has 2 aromatic heterocycles. The van der Waals surface area contributed by atoms with Crippen molar-refractivity contribution < 1.29 is 19.7 Å². The second-order valence-corrected chi connectivity index (χ2v) is 7.96. The van der Waals surface area contributed by atoms with Crippen molar-refractivity contribution >= 4 is 51.2 Å².